The molecule has 0 saturated heterocycles. The molecule has 0 amide bonds. The first-order chi connectivity index (χ1) is 19.2. The molecule has 2 aromatic carbocycles. The molecule has 11 nitrogen and oxygen atoms in total. The quantitative estimate of drug-likeness (QED) is 0.173. The molecule has 3 aromatic rings. The zero-order valence-corrected chi connectivity index (χ0v) is 25.1. The van der Waals surface area contributed by atoms with Gasteiger partial charge in [-0.15, -0.1) is 5.10 Å². The van der Waals surface area contributed by atoms with Crippen LogP contribution >= 0.6 is 15.9 Å². The topological polar surface area (TPSA) is 133 Å². The largest absolute Gasteiger partial charge is 0.496 e. The molecule has 1 aliphatic heterocycles. The maximum atomic E-state index is 12.7. The number of methoxy groups -OCH3 is 1. The van der Waals surface area contributed by atoms with Gasteiger partial charge >= 0.3 is 16.3 Å². The van der Waals surface area contributed by atoms with E-state index in [1.165, 1.54) is 13.2 Å². The number of carbonyl (C=O) groups is 1. The van der Waals surface area contributed by atoms with Crippen molar-refractivity contribution >= 4 is 43.2 Å². The molecule has 0 radical (unpaired) electrons. The normalized spacial score (nSPS) is 15.8. The fraction of sp³-hybridized carbons (Fsp3) is 0.444. The lowest BCUT2D eigenvalue weighted by Crippen LogP contribution is -2.35. The molecule has 4 rings (SSSR count). The second kappa shape index (κ2) is 13.0. The zero-order chi connectivity index (χ0) is 28.9. The highest BCUT2D eigenvalue weighted by Crippen LogP contribution is 2.36. The van der Waals surface area contributed by atoms with Gasteiger partial charge in [0, 0.05) is 42.5 Å². The second-order valence-corrected chi connectivity index (χ2v) is 11.7. The molecule has 0 fully saturated rings. The van der Waals surface area contributed by atoms with Gasteiger partial charge in [-0.05, 0) is 55.5 Å². The van der Waals surface area contributed by atoms with Crippen molar-refractivity contribution in [2.75, 3.05) is 25.6 Å². The fourth-order valence-corrected chi connectivity index (χ4v) is 6.15. The van der Waals surface area contributed by atoms with Crippen LogP contribution in [0, 0.1) is 6.92 Å². The number of alkyl halides is 1. The Morgan fingerprint density at radius 2 is 2.05 bits per heavy atom. The smallest absolute Gasteiger partial charge is 0.388 e. The number of aliphatic hydroxyl groups is 1. The van der Waals surface area contributed by atoms with Crippen molar-refractivity contribution in [2.45, 2.75) is 52.1 Å². The van der Waals surface area contributed by atoms with Crippen molar-refractivity contribution in [3.63, 3.8) is 0 Å². The Kier molecular flexibility index (Phi) is 9.69. The first-order valence-electron chi connectivity index (χ1n) is 13.0. The maximum absolute atomic E-state index is 12.7. The summed E-state index contributed by atoms with van der Waals surface area (Å²) in [7, 11) is -2.68. The lowest BCUT2D eigenvalue weighted by Gasteiger charge is -2.25. The van der Waals surface area contributed by atoms with Gasteiger partial charge in [-0.1, -0.05) is 39.3 Å². The van der Waals surface area contributed by atoms with Gasteiger partial charge in [0.25, 0.3) is 5.95 Å². The van der Waals surface area contributed by atoms with Crippen molar-refractivity contribution in [3.8, 4) is 5.75 Å². The third-order valence-electron chi connectivity index (χ3n) is 6.82. The highest BCUT2D eigenvalue weighted by molar-refractivity contribution is 9.09. The fourth-order valence-electron chi connectivity index (χ4n) is 4.81. The van der Waals surface area contributed by atoms with Crippen molar-refractivity contribution in [1.82, 2.24) is 19.3 Å². The van der Waals surface area contributed by atoms with E-state index in [1.807, 2.05) is 35.9 Å². The van der Waals surface area contributed by atoms with Crippen LogP contribution in [0.15, 0.2) is 42.4 Å². The van der Waals surface area contributed by atoms with Crippen LogP contribution in [0.4, 0.5) is 0 Å². The first kappa shape index (κ1) is 29.8. The van der Waals surface area contributed by atoms with Crippen LogP contribution < -0.4 is 4.74 Å². The molecule has 0 bridgehead atoms. The number of fused-ring (bicyclic) bond motifs is 1. The molecule has 0 aliphatic carbocycles. The predicted molar refractivity (Wildman–Crippen MR) is 153 cm³/mol. The van der Waals surface area contributed by atoms with E-state index in [1.54, 1.807) is 13.0 Å². The van der Waals surface area contributed by atoms with Crippen molar-refractivity contribution in [2.24, 2.45) is 0 Å². The average molecular weight is 638 g/mol. The first-order valence-corrected chi connectivity index (χ1v) is 15.5. The van der Waals surface area contributed by atoms with Gasteiger partial charge in [-0.2, -0.15) is 12.7 Å². The summed E-state index contributed by atoms with van der Waals surface area (Å²) in [5.41, 5.74) is 4.85. The summed E-state index contributed by atoms with van der Waals surface area (Å²) in [6.07, 6.45) is 3.35. The molecule has 1 aromatic heterocycles. The van der Waals surface area contributed by atoms with Gasteiger partial charge in [0.15, 0.2) is 0 Å². The Morgan fingerprint density at radius 3 is 2.75 bits per heavy atom. The van der Waals surface area contributed by atoms with E-state index in [9.17, 15) is 18.3 Å². The molecule has 0 saturated carbocycles. The molecule has 1 atom stereocenters. The number of aliphatic hydroxyl groups excluding tert-OH is 1. The summed E-state index contributed by atoms with van der Waals surface area (Å²) in [5.74, 6) is -0.927. The van der Waals surface area contributed by atoms with Gasteiger partial charge in [-0.3, -0.25) is 4.79 Å². The van der Waals surface area contributed by atoms with Crippen LogP contribution in [0.5, 0.6) is 5.75 Å². The Bertz CT molecular complexity index is 1510. The zero-order valence-electron chi connectivity index (χ0n) is 22.7. The highest BCUT2D eigenvalue weighted by Gasteiger charge is 2.30. The van der Waals surface area contributed by atoms with Gasteiger partial charge in [0.05, 0.1) is 25.7 Å². The van der Waals surface area contributed by atoms with Crippen LogP contribution in [0.1, 0.15) is 54.4 Å². The van der Waals surface area contributed by atoms with Crippen molar-refractivity contribution in [3.05, 3.63) is 64.6 Å². The number of aromatic nitrogens is 3. The molecule has 13 heteroatoms. The standard InChI is InChI=1S/C27H33BrN4O7S/c1-4-38-26(34)16-22(21-8-9-23-27(18(21)2)29-30-32(23)13-6-5-12-28)19-7-10-24(37-3)20(15-19)17-31-14-11-25(33)39-40(31,35)36/h7-11,15,22,33H,4-6,12-14,16-17H2,1-3H3. The summed E-state index contributed by atoms with van der Waals surface area (Å²) in [5, 5.41) is 19.2. The summed E-state index contributed by atoms with van der Waals surface area (Å²) in [4.78, 5) is 12.7. The third-order valence-corrected chi connectivity index (χ3v) is 8.67. The molecule has 2 heterocycles. The minimum absolute atomic E-state index is 0.0595. The van der Waals surface area contributed by atoms with Gasteiger partial charge < -0.3 is 18.8 Å². The predicted octanol–water partition coefficient (Wildman–Crippen LogP) is 4.48. The minimum Gasteiger partial charge on any atom is -0.496 e. The molecular formula is C27H33BrN4O7S. The van der Waals surface area contributed by atoms with Crippen LogP contribution in [0.2, 0.25) is 0 Å². The number of carbonyl (C=O) groups excluding carboxylic acids is 1. The summed E-state index contributed by atoms with van der Waals surface area (Å²) >= 11 is 3.46. The number of rotatable bonds is 12. The summed E-state index contributed by atoms with van der Waals surface area (Å²) in [6, 6.07) is 9.41. The Morgan fingerprint density at radius 1 is 1.25 bits per heavy atom. The van der Waals surface area contributed by atoms with Crippen molar-refractivity contribution in [1.29, 1.82) is 0 Å². The number of halogens is 1. The van der Waals surface area contributed by atoms with Crippen LogP contribution in [0.25, 0.3) is 11.0 Å². The lowest BCUT2D eigenvalue weighted by molar-refractivity contribution is -0.143. The molecule has 0 spiro atoms. The molecule has 1 unspecified atom stereocenters. The summed E-state index contributed by atoms with van der Waals surface area (Å²) < 4.78 is 43.4. The molecular weight excluding hydrogens is 604 g/mol. The molecule has 1 aliphatic rings. The van der Waals surface area contributed by atoms with E-state index < -0.39 is 22.2 Å². The van der Waals surface area contributed by atoms with Gasteiger partial charge in [-0.25, -0.2) is 4.68 Å². The van der Waals surface area contributed by atoms with E-state index >= 15 is 0 Å². The van der Waals surface area contributed by atoms with E-state index in [-0.39, 0.29) is 32.1 Å². The maximum Gasteiger partial charge on any atom is 0.388 e. The van der Waals surface area contributed by atoms with Crippen LogP contribution in [0.3, 0.4) is 0 Å². The number of esters is 1. The SMILES string of the molecule is CCOC(=O)CC(c1ccc(OC)c(CN2CC=C(O)OS2(=O)=O)c1)c1ccc2c(nnn2CCCCBr)c1C. The lowest BCUT2D eigenvalue weighted by atomic mass is 9.84. The monoisotopic (exact) mass is 636 g/mol. The van der Waals surface area contributed by atoms with E-state index in [0.29, 0.717) is 11.3 Å². The number of hydrogen-bond donors (Lipinski definition) is 1. The highest BCUT2D eigenvalue weighted by atomic mass is 79.9. The second-order valence-electron chi connectivity index (χ2n) is 9.37. The number of nitrogens with zero attached hydrogens (tertiary/aromatic N) is 4. The Hall–Kier alpha value is -3.16. The van der Waals surface area contributed by atoms with Crippen molar-refractivity contribution < 1.29 is 32.0 Å². The number of benzene rings is 2. The Balaban J connectivity index is 1.74. The molecule has 1 N–H and O–H groups in total. The minimum atomic E-state index is -4.18. The average Bonchev–Trinajstić information content (AvgIpc) is 3.33. The molecule has 40 heavy (non-hydrogen) atoms. The molecule has 216 valence electrons. The van der Waals surface area contributed by atoms with Crippen LogP contribution in [-0.4, -0.2) is 64.4 Å². The van der Waals surface area contributed by atoms with E-state index in [0.717, 1.165) is 56.7 Å². The summed E-state index contributed by atoms with van der Waals surface area (Å²) in [6.45, 7) is 4.62. The van der Waals surface area contributed by atoms with E-state index in [4.69, 9.17) is 9.47 Å². The number of unbranched alkanes of at least 4 members (excludes halogenated alkanes) is 1. The Labute approximate surface area is 242 Å². The number of hydrogen-bond acceptors (Lipinski definition) is 9. The van der Waals surface area contributed by atoms with E-state index in [2.05, 4.69) is 30.4 Å². The van der Waals surface area contributed by atoms with Gasteiger partial charge in [0.1, 0.15) is 11.3 Å². The number of aryl methyl sites for hydroxylation is 2. The third kappa shape index (κ3) is 6.58. The van der Waals surface area contributed by atoms with Gasteiger partial charge in [0.2, 0.25) is 0 Å². The number of ether oxygens (including phenoxy) is 2. The van der Waals surface area contributed by atoms with Crippen LogP contribution in [-0.2, 0) is 37.1 Å².